The molecule has 2 heterocycles. The standard InChI is InChI=1S/C14H29N3O2S/c1-3-17(20(2,18)19)14-6-10-16(11-7-14)12-13-4-8-15-9-5-13/h13-15H,3-12H2,1-2H3. The van der Waals surface area contributed by atoms with Crippen LogP contribution in [0.3, 0.4) is 0 Å². The van der Waals surface area contributed by atoms with Crippen LogP contribution in [0.2, 0.25) is 0 Å². The van der Waals surface area contributed by atoms with Gasteiger partial charge in [-0.05, 0) is 57.8 Å². The maximum atomic E-state index is 11.8. The van der Waals surface area contributed by atoms with Crippen molar-refractivity contribution in [1.82, 2.24) is 14.5 Å². The fourth-order valence-electron chi connectivity index (χ4n) is 3.58. The first kappa shape index (κ1) is 16.2. The van der Waals surface area contributed by atoms with Crippen LogP contribution in [-0.4, -0.2) is 69.2 Å². The van der Waals surface area contributed by atoms with Crippen molar-refractivity contribution in [3.05, 3.63) is 0 Å². The third-order valence-corrected chi connectivity index (χ3v) is 6.09. The van der Waals surface area contributed by atoms with Crippen LogP contribution >= 0.6 is 0 Å². The maximum absolute atomic E-state index is 11.8. The van der Waals surface area contributed by atoms with Gasteiger partial charge in [0.05, 0.1) is 6.26 Å². The van der Waals surface area contributed by atoms with E-state index >= 15 is 0 Å². The van der Waals surface area contributed by atoms with Crippen LogP contribution < -0.4 is 5.32 Å². The van der Waals surface area contributed by atoms with Crippen molar-refractivity contribution in [3.63, 3.8) is 0 Å². The Balaban J connectivity index is 1.79. The lowest BCUT2D eigenvalue weighted by Gasteiger charge is -2.38. The van der Waals surface area contributed by atoms with Gasteiger partial charge < -0.3 is 10.2 Å². The molecule has 20 heavy (non-hydrogen) atoms. The predicted octanol–water partition coefficient (Wildman–Crippen LogP) is 0.732. The number of hydrogen-bond acceptors (Lipinski definition) is 4. The molecule has 0 atom stereocenters. The number of hydrogen-bond donors (Lipinski definition) is 1. The molecule has 1 N–H and O–H groups in total. The molecule has 0 radical (unpaired) electrons. The molecule has 0 aliphatic carbocycles. The zero-order valence-electron chi connectivity index (χ0n) is 12.8. The fraction of sp³-hybridized carbons (Fsp3) is 1.00. The van der Waals surface area contributed by atoms with E-state index < -0.39 is 10.0 Å². The van der Waals surface area contributed by atoms with Crippen molar-refractivity contribution in [1.29, 1.82) is 0 Å². The largest absolute Gasteiger partial charge is 0.317 e. The van der Waals surface area contributed by atoms with Gasteiger partial charge >= 0.3 is 0 Å². The Bertz CT molecular complexity index is 385. The molecule has 2 aliphatic rings. The van der Waals surface area contributed by atoms with E-state index in [1.54, 1.807) is 4.31 Å². The Labute approximate surface area is 123 Å². The lowest BCUT2D eigenvalue weighted by atomic mass is 9.96. The molecule has 0 spiro atoms. The van der Waals surface area contributed by atoms with Crippen LogP contribution in [0.1, 0.15) is 32.6 Å². The van der Waals surface area contributed by atoms with E-state index in [4.69, 9.17) is 0 Å². The van der Waals surface area contributed by atoms with Gasteiger partial charge in [0.1, 0.15) is 0 Å². The second-order valence-electron chi connectivity index (χ2n) is 6.19. The molecule has 2 aliphatic heterocycles. The molecule has 0 saturated carbocycles. The zero-order valence-corrected chi connectivity index (χ0v) is 13.7. The molecule has 5 nitrogen and oxygen atoms in total. The number of piperidine rings is 2. The quantitative estimate of drug-likeness (QED) is 0.814. The third-order valence-electron chi connectivity index (χ3n) is 4.68. The number of nitrogens with zero attached hydrogens (tertiary/aromatic N) is 2. The first-order chi connectivity index (χ1) is 9.50. The Morgan fingerprint density at radius 2 is 1.75 bits per heavy atom. The first-order valence-electron chi connectivity index (χ1n) is 7.90. The van der Waals surface area contributed by atoms with Crippen molar-refractivity contribution in [2.75, 3.05) is 45.5 Å². The number of likely N-dealkylation sites (tertiary alicyclic amines) is 1. The van der Waals surface area contributed by atoms with E-state index in [0.717, 1.165) is 44.9 Å². The molecule has 6 heteroatoms. The third kappa shape index (κ3) is 4.41. The van der Waals surface area contributed by atoms with E-state index in [9.17, 15) is 8.42 Å². The highest BCUT2D eigenvalue weighted by molar-refractivity contribution is 7.88. The molecule has 2 rings (SSSR count). The predicted molar refractivity (Wildman–Crippen MR) is 82.3 cm³/mol. The smallest absolute Gasteiger partial charge is 0.211 e. The minimum Gasteiger partial charge on any atom is -0.317 e. The summed E-state index contributed by atoms with van der Waals surface area (Å²) in [7, 11) is -3.05. The summed E-state index contributed by atoms with van der Waals surface area (Å²) in [4.78, 5) is 2.53. The van der Waals surface area contributed by atoms with Crippen LogP contribution in [0.25, 0.3) is 0 Å². The summed E-state index contributed by atoms with van der Waals surface area (Å²) in [5.41, 5.74) is 0. The summed E-state index contributed by atoms with van der Waals surface area (Å²) in [6.07, 6.45) is 5.85. The average Bonchev–Trinajstić information content (AvgIpc) is 2.41. The highest BCUT2D eigenvalue weighted by Gasteiger charge is 2.29. The Hall–Kier alpha value is -0.170. The van der Waals surface area contributed by atoms with Gasteiger partial charge in [-0.2, -0.15) is 4.31 Å². The van der Waals surface area contributed by atoms with Gasteiger partial charge in [-0.1, -0.05) is 6.92 Å². The van der Waals surface area contributed by atoms with Gasteiger partial charge in [-0.15, -0.1) is 0 Å². The summed E-state index contributed by atoms with van der Waals surface area (Å²) >= 11 is 0. The molecular formula is C14H29N3O2S. The number of sulfonamides is 1. The van der Waals surface area contributed by atoms with E-state index in [1.807, 2.05) is 6.92 Å². The van der Waals surface area contributed by atoms with Crippen molar-refractivity contribution in [3.8, 4) is 0 Å². The van der Waals surface area contributed by atoms with Gasteiger partial charge in [-0.25, -0.2) is 8.42 Å². The highest BCUT2D eigenvalue weighted by Crippen LogP contribution is 2.21. The molecule has 2 saturated heterocycles. The second-order valence-corrected chi connectivity index (χ2v) is 8.13. The van der Waals surface area contributed by atoms with Crippen LogP contribution in [0, 0.1) is 5.92 Å². The minimum atomic E-state index is -3.05. The average molecular weight is 303 g/mol. The SMILES string of the molecule is CCN(C1CCN(CC2CCNCC2)CC1)S(C)(=O)=O. The van der Waals surface area contributed by atoms with Crippen LogP contribution in [0.4, 0.5) is 0 Å². The van der Waals surface area contributed by atoms with Crippen LogP contribution in [0.5, 0.6) is 0 Å². The minimum absolute atomic E-state index is 0.208. The second kappa shape index (κ2) is 7.20. The summed E-state index contributed by atoms with van der Waals surface area (Å²) in [6, 6.07) is 0.208. The van der Waals surface area contributed by atoms with Crippen molar-refractivity contribution in [2.24, 2.45) is 5.92 Å². The topological polar surface area (TPSA) is 52.6 Å². The molecular weight excluding hydrogens is 274 g/mol. The van der Waals surface area contributed by atoms with Crippen LogP contribution in [0.15, 0.2) is 0 Å². The lowest BCUT2D eigenvalue weighted by Crippen LogP contribution is -2.48. The Morgan fingerprint density at radius 1 is 1.15 bits per heavy atom. The summed E-state index contributed by atoms with van der Waals surface area (Å²) < 4.78 is 25.2. The van der Waals surface area contributed by atoms with Gasteiger partial charge in [0.2, 0.25) is 10.0 Å². The molecule has 0 amide bonds. The highest BCUT2D eigenvalue weighted by atomic mass is 32.2. The molecule has 2 fully saturated rings. The van der Waals surface area contributed by atoms with Gasteiger partial charge in [0, 0.05) is 19.1 Å². The number of nitrogens with one attached hydrogen (secondary N) is 1. The fourth-order valence-corrected chi connectivity index (χ4v) is 4.80. The first-order valence-corrected chi connectivity index (χ1v) is 9.75. The van der Waals surface area contributed by atoms with Crippen molar-refractivity contribution >= 4 is 10.0 Å². The molecule has 0 bridgehead atoms. The van der Waals surface area contributed by atoms with E-state index in [2.05, 4.69) is 10.2 Å². The van der Waals surface area contributed by atoms with E-state index in [-0.39, 0.29) is 6.04 Å². The summed E-state index contributed by atoms with van der Waals surface area (Å²) in [5, 5.41) is 3.41. The molecule has 0 aromatic heterocycles. The molecule has 0 aromatic carbocycles. The van der Waals surface area contributed by atoms with Crippen molar-refractivity contribution in [2.45, 2.75) is 38.6 Å². The monoisotopic (exact) mass is 303 g/mol. The maximum Gasteiger partial charge on any atom is 0.211 e. The Morgan fingerprint density at radius 3 is 2.25 bits per heavy atom. The summed E-state index contributed by atoms with van der Waals surface area (Å²) in [5.74, 6) is 0.824. The van der Waals surface area contributed by atoms with Crippen molar-refractivity contribution < 1.29 is 8.42 Å². The van der Waals surface area contributed by atoms with Gasteiger partial charge in [0.15, 0.2) is 0 Å². The summed E-state index contributed by atoms with van der Waals surface area (Å²) in [6.45, 7) is 8.11. The van der Waals surface area contributed by atoms with E-state index in [0.29, 0.717) is 6.54 Å². The normalized spacial score (nSPS) is 24.4. The van der Waals surface area contributed by atoms with Gasteiger partial charge in [0.25, 0.3) is 0 Å². The van der Waals surface area contributed by atoms with Crippen LogP contribution in [-0.2, 0) is 10.0 Å². The van der Waals surface area contributed by atoms with E-state index in [1.165, 1.54) is 25.6 Å². The molecule has 118 valence electrons. The zero-order chi connectivity index (χ0) is 14.6. The Kier molecular flexibility index (Phi) is 5.84. The van der Waals surface area contributed by atoms with Gasteiger partial charge in [-0.3, -0.25) is 0 Å². The molecule has 0 aromatic rings. The lowest BCUT2D eigenvalue weighted by molar-refractivity contribution is 0.135. The molecule has 0 unspecified atom stereocenters. The number of rotatable bonds is 5.